The summed E-state index contributed by atoms with van der Waals surface area (Å²) < 4.78 is 11.5. The molecule has 0 radical (unpaired) electrons. The molecule has 6 nitrogen and oxygen atoms in total. The Morgan fingerprint density at radius 1 is 1.17 bits per heavy atom. The first kappa shape index (κ1) is 21.5. The quantitative estimate of drug-likeness (QED) is 0.431. The molecule has 30 heavy (non-hydrogen) atoms. The van der Waals surface area contributed by atoms with Crippen LogP contribution >= 0.6 is 12.2 Å². The lowest BCUT2D eigenvalue weighted by Gasteiger charge is -2.30. The molecule has 0 saturated carbocycles. The average molecular weight is 425 g/mol. The number of nitrogens with zero attached hydrogens (tertiary/aromatic N) is 1. The van der Waals surface area contributed by atoms with Crippen LogP contribution in [-0.2, 0) is 9.59 Å². The average Bonchev–Trinajstić information content (AvgIpc) is 2.73. The van der Waals surface area contributed by atoms with Crippen molar-refractivity contribution in [3.63, 3.8) is 0 Å². The number of para-hydroxylation sites is 2. The fourth-order valence-corrected chi connectivity index (χ4v) is 3.34. The number of nitrogens with one attached hydrogen (secondary N) is 1. The summed E-state index contributed by atoms with van der Waals surface area (Å²) in [6.45, 7) is 5.84. The number of hydrogen-bond donors (Lipinski definition) is 1. The van der Waals surface area contributed by atoms with Crippen LogP contribution in [0.25, 0.3) is 6.08 Å². The standard InChI is InChI=1S/C23H24N2O4S/c1-5-15(3)29-20-16(10-8-12-19(20)28-4)13-17-21(26)24-23(30)25(22(17)27)18-11-7-6-9-14(18)2/h6-13,15H,5H2,1-4H3,(H,24,26,30)/b17-13+/t15-/m1/s1. The van der Waals surface area contributed by atoms with Gasteiger partial charge in [0, 0.05) is 5.56 Å². The molecule has 0 spiro atoms. The summed E-state index contributed by atoms with van der Waals surface area (Å²) >= 11 is 5.28. The molecule has 0 aromatic heterocycles. The number of carbonyl (C=O) groups is 2. The molecule has 1 N–H and O–H groups in total. The highest BCUT2D eigenvalue weighted by Crippen LogP contribution is 2.34. The van der Waals surface area contributed by atoms with Gasteiger partial charge in [-0.2, -0.15) is 0 Å². The van der Waals surface area contributed by atoms with Gasteiger partial charge >= 0.3 is 0 Å². The third kappa shape index (κ3) is 4.21. The zero-order valence-electron chi connectivity index (χ0n) is 17.4. The van der Waals surface area contributed by atoms with Gasteiger partial charge in [0.1, 0.15) is 5.57 Å². The SMILES string of the molecule is CC[C@@H](C)Oc1c(/C=C2\C(=O)NC(=S)N(c3ccccc3C)C2=O)cccc1OC. The van der Waals surface area contributed by atoms with E-state index in [1.807, 2.05) is 39.0 Å². The summed E-state index contributed by atoms with van der Waals surface area (Å²) in [5, 5.41) is 2.67. The van der Waals surface area contributed by atoms with Crippen LogP contribution < -0.4 is 19.7 Å². The van der Waals surface area contributed by atoms with Crippen LogP contribution in [0.4, 0.5) is 5.69 Å². The zero-order valence-corrected chi connectivity index (χ0v) is 18.2. The number of aryl methyl sites for hydroxylation is 1. The topological polar surface area (TPSA) is 67.9 Å². The summed E-state index contributed by atoms with van der Waals surface area (Å²) in [6, 6.07) is 12.7. The van der Waals surface area contributed by atoms with Crippen LogP contribution in [0.2, 0.25) is 0 Å². The number of amides is 2. The summed E-state index contributed by atoms with van der Waals surface area (Å²) in [5.74, 6) is -0.0276. The summed E-state index contributed by atoms with van der Waals surface area (Å²) in [4.78, 5) is 27.3. The Bertz CT molecular complexity index is 1030. The molecule has 1 aliphatic heterocycles. The van der Waals surface area contributed by atoms with Crippen molar-refractivity contribution in [3.05, 3.63) is 59.2 Å². The fourth-order valence-electron chi connectivity index (χ4n) is 3.06. The Balaban J connectivity index is 2.08. The highest BCUT2D eigenvalue weighted by Gasteiger charge is 2.35. The lowest BCUT2D eigenvalue weighted by Crippen LogP contribution is -2.54. The van der Waals surface area contributed by atoms with Gasteiger partial charge in [-0.15, -0.1) is 0 Å². The van der Waals surface area contributed by atoms with E-state index in [1.165, 1.54) is 11.0 Å². The maximum atomic E-state index is 13.3. The minimum absolute atomic E-state index is 0.0332. The number of ether oxygens (including phenoxy) is 2. The van der Waals surface area contributed by atoms with Crippen molar-refractivity contribution in [2.24, 2.45) is 0 Å². The van der Waals surface area contributed by atoms with Crippen LogP contribution in [-0.4, -0.2) is 30.1 Å². The molecule has 7 heteroatoms. The lowest BCUT2D eigenvalue weighted by molar-refractivity contribution is -0.122. The van der Waals surface area contributed by atoms with Gasteiger partial charge in [0.15, 0.2) is 16.6 Å². The van der Waals surface area contributed by atoms with E-state index < -0.39 is 11.8 Å². The molecule has 1 saturated heterocycles. The first-order chi connectivity index (χ1) is 14.4. The summed E-state index contributed by atoms with van der Waals surface area (Å²) in [5.41, 5.74) is 2.03. The van der Waals surface area contributed by atoms with Crippen LogP contribution in [0.15, 0.2) is 48.0 Å². The van der Waals surface area contributed by atoms with E-state index in [0.29, 0.717) is 22.7 Å². The van der Waals surface area contributed by atoms with Gasteiger partial charge in [0.05, 0.1) is 18.9 Å². The molecule has 0 unspecified atom stereocenters. The Morgan fingerprint density at radius 2 is 1.90 bits per heavy atom. The van der Waals surface area contributed by atoms with E-state index in [9.17, 15) is 9.59 Å². The zero-order chi connectivity index (χ0) is 21.8. The van der Waals surface area contributed by atoms with Crippen molar-refractivity contribution < 1.29 is 19.1 Å². The minimum atomic E-state index is -0.549. The predicted molar refractivity (Wildman–Crippen MR) is 121 cm³/mol. The number of hydrogen-bond acceptors (Lipinski definition) is 5. The Kier molecular flexibility index (Phi) is 6.52. The second kappa shape index (κ2) is 9.09. The first-order valence-corrected chi connectivity index (χ1v) is 10.1. The number of anilines is 1. The molecule has 156 valence electrons. The molecule has 2 aromatic carbocycles. The van der Waals surface area contributed by atoms with Gasteiger partial charge in [-0.1, -0.05) is 37.3 Å². The highest BCUT2D eigenvalue weighted by atomic mass is 32.1. The van der Waals surface area contributed by atoms with Gasteiger partial charge in [-0.05, 0) is 56.3 Å². The van der Waals surface area contributed by atoms with Crippen LogP contribution in [0.3, 0.4) is 0 Å². The van der Waals surface area contributed by atoms with E-state index in [2.05, 4.69) is 5.32 Å². The number of rotatable bonds is 6. The smallest absolute Gasteiger partial charge is 0.270 e. The number of benzene rings is 2. The van der Waals surface area contributed by atoms with Crippen molar-refractivity contribution in [2.75, 3.05) is 12.0 Å². The van der Waals surface area contributed by atoms with Crippen molar-refractivity contribution in [3.8, 4) is 11.5 Å². The largest absolute Gasteiger partial charge is 0.493 e. The van der Waals surface area contributed by atoms with Crippen LogP contribution in [0.1, 0.15) is 31.4 Å². The monoisotopic (exact) mass is 424 g/mol. The molecule has 0 aliphatic carbocycles. The van der Waals surface area contributed by atoms with Crippen LogP contribution in [0.5, 0.6) is 11.5 Å². The van der Waals surface area contributed by atoms with Crippen molar-refractivity contribution in [1.82, 2.24) is 5.32 Å². The summed E-state index contributed by atoms with van der Waals surface area (Å²) in [7, 11) is 1.55. The van der Waals surface area contributed by atoms with Gasteiger partial charge < -0.3 is 9.47 Å². The molecule has 1 atom stereocenters. The molecule has 1 aliphatic rings. The minimum Gasteiger partial charge on any atom is -0.493 e. The van der Waals surface area contributed by atoms with E-state index >= 15 is 0 Å². The first-order valence-electron chi connectivity index (χ1n) is 9.68. The van der Waals surface area contributed by atoms with E-state index in [-0.39, 0.29) is 16.8 Å². The third-order valence-corrected chi connectivity index (χ3v) is 5.17. The number of carbonyl (C=O) groups excluding carboxylic acids is 2. The van der Waals surface area contributed by atoms with Gasteiger partial charge in [-0.25, -0.2) is 0 Å². The Morgan fingerprint density at radius 3 is 2.57 bits per heavy atom. The van der Waals surface area contributed by atoms with Gasteiger partial charge in [-0.3, -0.25) is 19.8 Å². The Labute approximate surface area is 181 Å². The second-order valence-electron chi connectivity index (χ2n) is 6.96. The van der Waals surface area contributed by atoms with Crippen molar-refractivity contribution in [2.45, 2.75) is 33.3 Å². The van der Waals surface area contributed by atoms with E-state index in [1.54, 1.807) is 31.4 Å². The third-order valence-electron chi connectivity index (χ3n) is 4.88. The summed E-state index contributed by atoms with van der Waals surface area (Å²) in [6.07, 6.45) is 2.25. The predicted octanol–water partition coefficient (Wildman–Crippen LogP) is 4.01. The van der Waals surface area contributed by atoms with Crippen molar-refractivity contribution >= 4 is 40.9 Å². The molecule has 2 aromatic rings. The van der Waals surface area contributed by atoms with Crippen LogP contribution in [0, 0.1) is 6.92 Å². The maximum Gasteiger partial charge on any atom is 0.270 e. The Hall–Kier alpha value is -3.19. The second-order valence-corrected chi connectivity index (χ2v) is 7.35. The normalized spacial score (nSPS) is 16.5. The fraction of sp³-hybridized carbons (Fsp3) is 0.261. The molecule has 2 amide bonds. The van der Waals surface area contributed by atoms with E-state index in [4.69, 9.17) is 21.7 Å². The number of thiocarbonyl (C=S) groups is 1. The molecular weight excluding hydrogens is 400 g/mol. The molecule has 3 rings (SSSR count). The maximum absolute atomic E-state index is 13.3. The molecular formula is C23H24N2O4S. The molecule has 1 heterocycles. The molecule has 1 fully saturated rings. The molecule has 0 bridgehead atoms. The van der Waals surface area contributed by atoms with Gasteiger partial charge in [0.2, 0.25) is 0 Å². The number of methoxy groups -OCH3 is 1. The van der Waals surface area contributed by atoms with Crippen molar-refractivity contribution in [1.29, 1.82) is 0 Å². The lowest BCUT2D eigenvalue weighted by atomic mass is 10.0. The van der Waals surface area contributed by atoms with E-state index in [0.717, 1.165) is 12.0 Å². The highest BCUT2D eigenvalue weighted by molar-refractivity contribution is 7.80. The van der Waals surface area contributed by atoms with Gasteiger partial charge in [0.25, 0.3) is 11.8 Å².